The molecule has 3 unspecified atom stereocenters. The van der Waals surface area contributed by atoms with Crippen molar-refractivity contribution in [3.05, 3.63) is 64.7 Å². The summed E-state index contributed by atoms with van der Waals surface area (Å²) >= 11 is 7.05. The Balaban J connectivity index is 1.29. The van der Waals surface area contributed by atoms with E-state index in [1.165, 1.54) is 0 Å². The van der Waals surface area contributed by atoms with Gasteiger partial charge in [0.1, 0.15) is 18.5 Å². The lowest BCUT2D eigenvalue weighted by Gasteiger charge is -2.22. The topological polar surface area (TPSA) is 84.9 Å². The van der Waals surface area contributed by atoms with Gasteiger partial charge < -0.3 is 9.47 Å². The van der Waals surface area contributed by atoms with Crippen molar-refractivity contribution in [2.24, 2.45) is 0 Å². The van der Waals surface area contributed by atoms with Gasteiger partial charge in [0, 0.05) is 5.02 Å². The van der Waals surface area contributed by atoms with Crippen LogP contribution in [0.2, 0.25) is 5.02 Å². The van der Waals surface area contributed by atoms with E-state index < -0.39 is 5.25 Å². The molecule has 3 amide bonds. The highest BCUT2D eigenvalue weighted by atomic mass is 35.5. The molecule has 162 valence electrons. The molecular formula is C22H21ClN2O5S. The molecule has 3 atom stereocenters. The summed E-state index contributed by atoms with van der Waals surface area (Å²) in [6.07, 6.45) is -0.257. The normalized spacial score (nSPS) is 21.7. The number of benzene rings is 2. The number of imide groups is 1. The molecule has 0 spiro atoms. The van der Waals surface area contributed by atoms with Gasteiger partial charge in [-0.05, 0) is 48.7 Å². The van der Waals surface area contributed by atoms with Crippen LogP contribution in [-0.4, -0.2) is 46.6 Å². The summed E-state index contributed by atoms with van der Waals surface area (Å²) in [5, 5.41) is 2.19. The number of nitrogens with one attached hydrogen (secondary N) is 1. The first-order chi connectivity index (χ1) is 14.9. The lowest BCUT2D eigenvalue weighted by atomic mass is 10.1. The van der Waals surface area contributed by atoms with Crippen molar-refractivity contribution in [1.29, 1.82) is 0 Å². The second-order valence-electron chi connectivity index (χ2n) is 7.47. The van der Waals surface area contributed by atoms with Crippen LogP contribution < -0.4 is 10.1 Å². The van der Waals surface area contributed by atoms with E-state index >= 15 is 0 Å². The monoisotopic (exact) mass is 460 g/mol. The molecule has 2 fully saturated rings. The fourth-order valence-corrected chi connectivity index (χ4v) is 4.55. The maximum absolute atomic E-state index is 12.3. The molecule has 2 heterocycles. The van der Waals surface area contributed by atoms with E-state index in [1.807, 2.05) is 43.3 Å². The van der Waals surface area contributed by atoms with Gasteiger partial charge in [-0.3, -0.25) is 19.8 Å². The molecule has 0 aliphatic carbocycles. The first kappa shape index (κ1) is 21.5. The number of carbonyl (C=O) groups excluding carboxylic acids is 3. The quantitative estimate of drug-likeness (QED) is 0.666. The number of rotatable bonds is 7. The van der Waals surface area contributed by atoms with Crippen LogP contribution in [0.25, 0.3) is 0 Å². The van der Waals surface area contributed by atoms with Crippen LogP contribution >= 0.6 is 23.4 Å². The molecule has 0 aromatic heterocycles. The third kappa shape index (κ3) is 5.14. The first-order valence-electron chi connectivity index (χ1n) is 9.85. The van der Waals surface area contributed by atoms with Gasteiger partial charge in [0.2, 0.25) is 5.91 Å². The zero-order valence-electron chi connectivity index (χ0n) is 16.7. The molecule has 0 saturated carbocycles. The number of halogens is 1. The maximum atomic E-state index is 12.3. The molecule has 2 aliphatic heterocycles. The number of amides is 3. The Hall–Kier alpha value is -2.71. The molecule has 31 heavy (non-hydrogen) atoms. The van der Waals surface area contributed by atoms with E-state index in [9.17, 15) is 14.4 Å². The summed E-state index contributed by atoms with van der Waals surface area (Å²) in [4.78, 5) is 36.9. The van der Waals surface area contributed by atoms with Gasteiger partial charge in [-0.1, -0.05) is 47.6 Å². The molecule has 2 aromatic carbocycles. The molecule has 7 nitrogen and oxygen atoms in total. The fourth-order valence-electron chi connectivity index (χ4n) is 3.49. The van der Waals surface area contributed by atoms with Gasteiger partial charge in [0.15, 0.2) is 0 Å². The Bertz CT molecular complexity index is 1000. The summed E-state index contributed by atoms with van der Waals surface area (Å²) in [5.41, 5.74) is 1.80. The molecule has 9 heteroatoms. The van der Waals surface area contributed by atoms with E-state index in [0.29, 0.717) is 30.3 Å². The number of carbonyl (C=O) groups is 3. The highest BCUT2D eigenvalue weighted by Gasteiger charge is 2.35. The Morgan fingerprint density at radius 3 is 2.68 bits per heavy atom. The molecule has 4 rings (SSSR count). The third-order valence-corrected chi connectivity index (χ3v) is 6.41. The van der Waals surface area contributed by atoms with Gasteiger partial charge in [-0.2, -0.15) is 0 Å². The van der Waals surface area contributed by atoms with Gasteiger partial charge in [-0.25, -0.2) is 4.79 Å². The summed E-state index contributed by atoms with van der Waals surface area (Å²) in [7, 11) is 0. The molecule has 1 N–H and O–H groups in total. The molecule has 2 aliphatic rings. The first-order valence-corrected chi connectivity index (χ1v) is 11.1. The van der Waals surface area contributed by atoms with E-state index in [2.05, 4.69) is 5.32 Å². The van der Waals surface area contributed by atoms with Crippen LogP contribution in [0, 0.1) is 0 Å². The van der Waals surface area contributed by atoms with Gasteiger partial charge >= 0.3 is 6.09 Å². The summed E-state index contributed by atoms with van der Waals surface area (Å²) in [6.45, 7) is 2.65. The summed E-state index contributed by atoms with van der Waals surface area (Å²) in [6, 6.07) is 14.5. The molecule has 2 saturated heterocycles. The predicted octanol–water partition coefficient (Wildman–Crippen LogP) is 4.19. The van der Waals surface area contributed by atoms with E-state index in [1.54, 1.807) is 17.0 Å². The number of hydrogen-bond donors (Lipinski definition) is 1. The van der Waals surface area contributed by atoms with Crippen LogP contribution in [-0.2, 0) is 16.0 Å². The van der Waals surface area contributed by atoms with Crippen molar-refractivity contribution in [1.82, 2.24) is 10.2 Å². The SMILES string of the molecule is CC(COc1ccc(CC2SC(=O)NC2=O)cc1)N1CC(c2cccc(Cl)c2)OC1=O. The minimum absolute atomic E-state index is 0.180. The van der Waals surface area contributed by atoms with Crippen LogP contribution in [0.15, 0.2) is 48.5 Å². The Kier molecular flexibility index (Phi) is 6.38. The van der Waals surface area contributed by atoms with Gasteiger partial charge in [0.25, 0.3) is 5.24 Å². The van der Waals surface area contributed by atoms with Crippen molar-refractivity contribution in [3.63, 3.8) is 0 Å². The van der Waals surface area contributed by atoms with Crippen molar-refractivity contribution >= 4 is 40.6 Å². The average molecular weight is 461 g/mol. The van der Waals surface area contributed by atoms with E-state index in [4.69, 9.17) is 21.1 Å². The van der Waals surface area contributed by atoms with E-state index in [0.717, 1.165) is 22.9 Å². The zero-order valence-corrected chi connectivity index (χ0v) is 18.3. The number of nitrogens with zero attached hydrogens (tertiary/aromatic N) is 1. The third-order valence-electron chi connectivity index (χ3n) is 5.20. The van der Waals surface area contributed by atoms with Crippen molar-refractivity contribution in [2.45, 2.75) is 30.7 Å². The molecule has 0 bridgehead atoms. The van der Waals surface area contributed by atoms with Crippen molar-refractivity contribution in [3.8, 4) is 5.75 Å². The second-order valence-corrected chi connectivity index (χ2v) is 9.08. The Morgan fingerprint density at radius 1 is 1.23 bits per heavy atom. The number of thioether (sulfide) groups is 1. The minimum atomic E-state index is -0.395. The minimum Gasteiger partial charge on any atom is -0.491 e. The number of hydrogen-bond acceptors (Lipinski definition) is 6. The van der Waals surface area contributed by atoms with Crippen LogP contribution in [0.4, 0.5) is 9.59 Å². The van der Waals surface area contributed by atoms with Crippen LogP contribution in [0.1, 0.15) is 24.2 Å². The zero-order chi connectivity index (χ0) is 22.0. The summed E-state index contributed by atoms with van der Waals surface area (Å²) in [5.74, 6) is 0.409. The van der Waals surface area contributed by atoms with Gasteiger partial charge in [-0.15, -0.1) is 0 Å². The predicted molar refractivity (Wildman–Crippen MR) is 117 cm³/mol. The average Bonchev–Trinajstić information content (AvgIpc) is 3.28. The molecule has 0 radical (unpaired) electrons. The van der Waals surface area contributed by atoms with Gasteiger partial charge in [0.05, 0.1) is 17.8 Å². The highest BCUT2D eigenvalue weighted by Crippen LogP contribution is 2.29. The number of ether oxygens (including phenoxy) is 2. The van der Waals surface area contributed by atoms with Crippen LogP contribution in [0.3, 0.4) is 0 Å². The lowest BCUT2D eigenvalue weighted by molar-refractivity contribution is -0.118. The van der Waals surface area contributed by atoms with Crippen molar-refractivity contribution < 1.29 is 23.9 Å². The van der Waals surface area contributed by atoms with Crippen molar-refractivity contribution in [2.75, 3.05) is 13.2 Å². The standard InChI is InChI=1S/C22H21ClN2O5S/c1-13(25-11-18(30-22(25)28)15-3-2-4-16(23)10-15)12-29-17-7-5-14(6-8-17)9-19-20(26)24-21(27)31-19/h2-8,10,13,18-19H,9,11-12H2,1H3,(H,24,26,27). The second kappa shape index (κ2) is 9.20. The Labute approximate surface area is 189 Å². The summed E-state index contributed by atoms with van der Waals surface area (Å²) < 4.78 is 11.3. The Morgan fingerprint density at radius 2 is 2.00 bits per heavy atom. The highest BCUT2D eigenvalue weighted by molar-refractivity contribution is 8.15. The lowest BCUT2D eigenvalue weighted by Crippen LogP contribution is -2.38. The molecular weight excluding hydrogens is 440 g/mol. The largest absolute Gasteiger partial charge is 0.491 e. The maximum Gasteiger partial charge on any atom is 0.410 e. The molecule has 2 aromatic rings. The van der Waals surface area contributed by atoms with E-state index in [-0.39, 0.29) is 29.4 Å². The smallest absolute Gasteiger partial charge is 0.410 e. The number of cyclic esters (lactones) is 1. The van der Waals surface area contributed by atoms with Crippen LogP contribution in [0.5, 0.6) is 5.75 Å². The fraction of sp³-hybridized carbons (Fsp3) is 0.318.